The summed E-state index contributed by atoms with van der Waals surface area (Å²) in [6, 6.07) is 6.05. The third kappa shape index (κ3) is 4.95. The number of halogens is 1. The largest absolute Gasteiger partial charge is 1.00 e. The Bertz CT molecular complexity index is 456. The number of carboxylic acid groups (broad SMARTS) is 1. The van der Waals surface area contributed by atoms with Gasteiger partial charge in [0.25, 0.3) is 5.91 Å². The maximum atomic E-state index is 11.5. The van der Waals surface area contributed by atoms with Crippen molar-refractivity contribution in [2.24, 2.45) is 0 Å². The molecule has 1 rings (SSSR count). The summed E-state index contributed by atoms with van der Waals surface area (Å²) in [6.45, 7) is 0.0641. The van der Waals surface area contributed by atoms with Crippen LogP contribution in [0.2, 0.25) is 0 Å². The fourth-order valence-electron chi connectivity index (χ4n) is 1.09. The number of rotatable bonds is 4. The summed E-state index contributed by atoms with van der Waals surface area (Å²) in [7, 11) is 0. The molecule has 90 valence electrons. The molecule has 0 unspecified atom stereocenters. The molecule has 0 aliphatic rings. The van der Waals surface area contributed by atoms with E-state index in [9.17, 15) is 9.59 Å². The van der Waals surface area contributed by atoms with Crippen LogP contribution in [0.3, 0.4) is 0 Å². The predicted molar refractivity (Wildman–Crippen MR) is 55.8 cm³/mol. The van der Waals surface area contributed by atoms with Gasteiger partial charge in [-0.05, 0) is 6.07 Å². The Morgan fingerprint density at radius 3 is 2.71 bits per heavy atom. The highest BCUT2D eigenvalue weighted by atomic mass is 35.5. The summed E-state index contributed by atoms with van der Waals surface area (Å²) >= 11 is 0. The molecule has 1 amide bonds. The zero-order chi connectivity index (χ0) is 12.0. The minimum atomic E-state index is -0.973. The topological polar surface area (TPSA) is 94.5 Å². The van der Waals surface area contributed by atoms with Gasteiger partial charge in [-0.25, -0.2) is 0 Å². The minimum absolute atomic E-state index is 0. The third-order valence-electron chi connectivity index (χ3n) is 1.85. The number of hydrogen-bond acceptors (Lipinski definition) is 3. The first-order chi connectivity index (χ1) is 7.63. The van der Waals surface area contributed by atoms with Gasteiger partial charge in [0.1, 0.15) is 0 Å². The number of nitrogens with zero attached hydrogens (tertiary/aromatic N) is 2. The summed E-state index contributed by atoms with van der Waals surface area (Å²) in [5, 5.41) is 19.3. The van der Waals surface area contributed by atoms with Gasteiger partial charge in [-0.15, -0.1) is 0 Å². The second kappa shape index (κ2) is 7.19. The van der Waals surface area contributed by atoms with Crippen LogP contribution in [0.15, 0.2) is 24.3 Å². The van der Waals surface area contributed by atoms with Crippen LogP contribution >= 0.6 is 0 Å². The molecule has 0 saturated heterocycles. The van der Waals surface area contributed by atoms with Crippen molar-refractivity contribution in [1.29, 1.82) is 5.39 Å². The number of amides is 1. The van der Waals surface area contributed by atoms with E-state index in [2.05, 4.69) is 10.3 Å². The maximum absolute atomic E-state index is 11.5. The molecular weight excluding hydrogens is 246 g/mol. The fraction of sp³-hybridized carbons (Fsp3) is 0.200. The monoisotopic (exact) mass is 255 g/mol. The van der Waals surface area contributed by atoms with E-state index in [-0.39, 0.29) is 31.1 Å². The Labute approximate surface area is 104 Å². The molecule has 0 aliphatic heterocycles. The average molecular weight is 256 g/mol. The van der Waals surface area contributed by atoms with Crippen LogP contribution in [-0.4, -0.2) is 23.5 Å². The summed E-state index contributed by atoms with van der Waals surface area (Å²) < 4.78 is 0. The number of hydrogen-bond donors (Lipinski definition) is 2. The maximum Gasteiger partial charge on any atom is 0.385 e. The van der Waals surface area contributed by atoms with Gasteiger partial charge in [-0.3, -0.25) is 9.59 Å². The molecule has 0 aliphatic carbocycles. The molecule has 7 heteroatoms. The van der Waals surface area contributed by atoms with Crippen molar-refractivity contribution < 1.29 is 27.1 Å². The van der Waals surface area contributed by atoms with Gasteiger partial charge in [-0.1, -0.05) is 6.07 Å². The van der Waals surface area contributed by atoms with Crippen LogP contribution in [0, 0.1) is 5.39 Å². The first-order valence-corrected chi connectivity index (χ1v) is 4.58. The van der Waals surface area contributed by atoms with Crippen molar-refractivity contribution in [3.05, 3.63) is 34.8 Å². The second-order valence-electron chi connectivity index (χ2n) is 3.05. The number of benzene rings is 1. The van der Waals surface area contributed by atoms with Crippen LogP contribution in [0.1, 0.15) is 16.8 Å². The zero-order valence-electron chi connectivity index (χ0n) is 8.76. The lowest BCUT2D eigenvalue weighted by Gasteiger charge is -2.01. The Morgan fingerprint density at radius 2 is 2.12 bits per heavy atom. The normalized spacial score (nSPS) is 8.65. The lowest BCUT2D eigenvalue weighted by molar-refractivity contribution is -0.136. The number of nitrogens with one attached hydrogen (secondary N) is 1. The molecule has 0 saturated carbocycles. The van der Waals surface area contributed by atoms with Crippen molar-refractivity contribution in [3.63, 3.8) is 0 Å². The number of aliphatic carboxylic acids is 1. The van der Waals surface area contributed by atoms with E-state index < -0.39 is 11.9 Å². The van der Waals surface area contributed by atoms with Crippen molar-refractivity contribution >= 4 is 17.6 Å². The van der Waals surface area contributed by atoms with Crippen LogP contribution in [0.25, 0.3) is 4.98 Å². The summed E-state index contributed by atoms with van der Waals surface area (Å²) in [5.41, 5.74) is 0.589. The van der Waals surface area contributed by atoms with E-state index in [4.69, 9.17) is 10.5 Å². The summed E-state index contributed by atoms with van der Waals surface area (Å²) in [4.78, 5) is 24.6. The molecule has 0 atom stereocenters. The molecule has 1 aromatic rings. The molecule has 6 nitrogen and oxygen atoms in total. The van der Waals surface area contributed by atoms with Gasteiger partial charge in [-0.2, -0.15) is 0 Å². The molecule has 17 heavy (non-hydrogen) atoms. The Hall–Kier alpha value is -2.13. The lowest BCUT2D eigenvalue weighted by Crippen LogP contribution is -3.00. The molecule has 1 aromatic carbocycles. The van der Waals surface area contributed by atoms with Crippen LogP contribution in [-0.2, 0) is 4.79 Å². The first kappa shape index (κ1) is 14.9. The molecular formula is C10H10ClN3O3. The summed E-state index contributed by atoms with van der Waals surface area (Å²) in [6.07, 6.45) is -0.129. The van der Waals surface area contributed by atoms with Gasteiger partial charge in [0.05, 0.1) is 6.42 Å². The number of carbonyl (C=O) groups excluding carboxylic acids is 1. The van der Waals surface area contributed by atoms with Gasteiger partial charge in [0, 0.05) is 24.2 Å². The van der Waals surface area contributed by atoms with Crippen molar-refractivity contribution in [3.8, 4) is 0 Å². The quantitative estimate of drug-likeness (QED) is 0.632. The fourth-order valence-corrected chi connectivity index (χ4v) is 1.09. The second-order valence-corrected chi connectivity index (χ2v) is 3.05. The molecule has 0 aromatic heterocycles. The van der Waals surface area contributed by atoms with E-state index in [1.54, 1.807) is 12.1 Å². The van der Waals surface area contributed by atoms with E-state index >= 15 is 0 Å². The van der Waals surface area contributed by atoms with Crippen LogP contribution < -0.4 is 17.7 Å². The number of carboxylic acids is 1. The van der Waals surface area contributed by atoms with Gasteiger partial charge in [0.15, 0.2) is 4.98 Å². The first-order valence-electron chi connectivity index (χ1n) is 4.58. The highest BCUT2D eigenvalue weighted by Crippen LogP contribution is 2.13. The van der Waals surface area contributed by atoms with Crippen molar-refractivity contribution in [2.45, 2.75) is 6.42 Å². The van der Waals surface area contributed by atoms with E-state index in [0.717, 1.165) is 0 Å². The Balaban J connectivity index is 0.00000256. The summed E-state index contributed by atoms with van der Waals surface area (Å²) in [5.74, 6) is -1.37. The van der Waals surface area contributed by atoms with E-state index in [0.29, 0.717) is 5.56 Å². The lowest BCUT2D eigenvalue weighted by atomic mass is 10.2. The smallest absolute Gasteiger partial charge is 0.385 e. The molecule has 0 bridgehead atoms. The van der Waals surface area contributed by atoms with E-state index in [1.807, 2.05) is 0 Å². The molecule has 0 spiro atoms. The predicted octanol–water partition coefficient (Wildman–Crippen LogP) is -1.62. The van der Waals surface area contributed by atoms with Gasteiger partial charge in [0.2, 0.25) is 5.39 Å². The number of carbonyl (C=O) groups is 2. The standard InChI is InChI=1S/C10H9N3O3.ClH/c11-13-8-3-1-2-7(6-8)10(16)12-5-4-9(14)15;/h1-3,6H,4-5H2,(H-,12,14,15,16);1H. The van der Waals surface area contributed by atoms with Crippen molar-refractivity contribution in [2.75, 3.05) is 6.54 Å². The number of diazo groups is 1. The Kier molecular flexibility index (Phi) is 6.29. The highest BCUT2D eigenvalue weighted by molar-refractivity contribution is 5.95. The van der Waals surface area contributed by atoms with Crippen LogP contribution in [0.4, 0.5) is 5.69 Å². The third-order valence-corrected chi connectivity index (χ3v) is 1.85. The zero-order valence-corrected chi connectivity index (χ0v) is 9.52. The SMILES string of the molecule is N#[N+]c1cccc(C(=O)NCCC(=O)O)c1.[Cl-]. The van der Waals surface area contributed by atoms with Crippen LogP contribution in [0.5, 0.6) is 0 Å². The highest BCUT2D eigenvalue weighted by Gasteiger charge is 2.10. The molecule has 0 radical (unpaired) electrons. The minimum Gasteiger partial charge on any atom is -1.00 e. The molecule has 0 fully saturated rings. The van der Waals surface area contributed by atoms with Gasteiger partial charge >= 0.3 is 11.7 Å². The van der Waals surface area contributed by atoms with Gasteiger partial charge < -0.3 is 22.8 Å². The molecule has 2 N–H and O–H groups in total. The molecule has 0 heterocycles. The van der Waals surface area contributed by atoms with Crippen molar-refractivity contribution in [1.82, 2.24) is 5.32 Å². The Morgan fingerprint density at radius 1 is 1.41 bits per heavy atom. The average Bonchev–Trinajstić information content (AvgIpc) is 2.28. The van der Waals surface area contributed by atoms with E-state index in [1.165, 1.54) is 12.1 Å².